The summed E-state index contributed by atoms with van der Waals surface area (Å²) in [4.78, 5) is 11.1. The Morgan fingerprint density at radius 3 is 2.20 bits per heavy atom. The first-order valence-electron chi connectivity index (χ1n) is 8.64. The minimum Gasteiger partial charge on any atom is -0.674 e. The lowest BCUT2D eigenvalue weighted by molar-refractivity contribution is -0.137. The van der Waals surface area contributed by atoms with Gasteiger partial charge in [0, 0.05) is 17.5 Å². The van der Waals surface area contributed by atoms with Crippen molar-refractivity contribution in [2.75, 3.05) is 0 Å². The summed E-state index contributed by atoms with van der Waals surface area (Å²) in [6, 6.07) is 9.67. The monoisotopic (exact) mass is 425 g/mol. The zero-order valence-corrected chi connectivity index (χ0v) is 16.0. The van der Waals surface area contributed by atoms with Gasteiger partial charge < -0.3 is 15.4 Å². The highest BCUT2D eigenvalue weighted by Gasteiger charge is 2.34. The average Bonchev–Trinajstić information content (AvgIpc) is 2.96. The molecule has 0 radical (unpaired) electrons. The second kappa shape index (κ2) is 9.08. The lowest BCUT2D eigenvalue weighted by atomic mass is 10.1. The lowest BCUT2D eigenvalue weighted by Crippen LogP contribution is -2.12. The van der Waals surface area contributed by atoms with Gasteiger partial charge in [0.05, 0.1) is 16.8 Å². The summed E-state index contributed by atoms with van der Waals surface area (Å²) in [6.07, 6.45) is -4.50. The van der Waals surface area contributed by atoms with Gasteiger partial charge in [-0.3, -0.25) is 0 Å². The zero-order valence-electron chi connectivity index (χ0n) is 16.0. The highest BCUT2D eigenvalue weighted by Crippen LogP contribution is 2.35. The van der Waals surface area contributed by atoms with Crippen molar-refractivity contribution in [2.24, 2.45) is 0 Å². The van der Waals surface area contributed by atoms with Crippen LogP contribution in [0.15, 0.2) is 48.5 Å². The fraction of sp³-hybridized carbons (Fsp3) is 0.190. The molecular weight excluding hydrogens is 407 g/mol. The first-order chi connectivity index (χ1) is 14.0. The first-order valence-corrected chi connectivity index (χ1v) is 8.64. The van der Waals surface area contributed by atoms with Crippen LogP contribution in [0, 0.1) is 25.5 Å². The second-order valence-electron chi connectivity index (χ2n) is 6.35. The molecule has 0 aliphatic rings. The van der Waals surface area contributed by atoms with E-state index < -0.39 is 29.3 Å². The summed E-state index contributed by atoms with van der Waals surface area (Å²) in [6.45, 7) is 2.92. The van der Waals surface area contributed by atoms with Crippen LogP contribution in [0.3, 0.4) is 0 Å². The number of halogens is 5. The molecule has 0 fully saturated rings. The van der Waals surface area contributed by atoms with E-state index in [9.17, 15) is 26.7 Å². The number of alkyl halides is 3. The average molecular weight is 425 g/mol. The predicted molar refractivity (Wildman–Crippen MR) is 102 cm³/mol. The third-order valence-electron chi connectivity index (χ3n) is 4.32. The van der Waals surface area contributed by atoms with Crippen LogP contribution in [0.4, 0.5) is 22.0 Å². The quantitative estimate of drug-likeness (QED) is 0.499. The van der Waals surface area contributed by atoms with Crippen molar-refractivity contribution in [3.05, 3.63) is 94.0 Å². The number of aryl methyl sites for hydroxylation is 1. The largest absolute Gasteiger partial charge is 0.674 e. The van der Waals surface area contributed by atoms with Crippen LogP contribution in [0.2, 0.25) is 0 Å². The van der Waals surface area contributed by atoms with E-state index in [1.807, 2.05) is 0 Å². The van der Waals surface area contributed by atoms with Crippen molar-refractivity contribution in [1.29, 1.82) is 0 Å². The van der Waals surface area contributed by atoms with Gasteiger partial charge in [-0.05, 0) is 43.7 Å². The van der Waals surface area contributed by atoms with Crippen LogP contribution < -0.4 is 0 Å². The van der Waals surface area contributed by atoms with Gasteiger partial charge in [0.25, 0.3) is 0 Å². The molecule has 30 heavy (non-hydrogen) atoms. The lowest BCUT2D eigenvalue weighted by Gasteiger charge is -2.16. The minimum atomic E-state index is -4.50. The van der Waals surface area contributed by atoms with Crippen LogP contribution in [-0.2, 0) is 12.7 Å². The maximum Gasteiger partial charge on any atom is 0.418 e. The van der Waals surface area contributed by atoms with Gasteiger partial charge >= 0.3 is 12.1 Å². The number of hydrogen-bond acceptors (Lipinski definition) is 1. The topological polar surface area (TPSA) is 66.0 Å². The first kappa shape index (κ1) is 23.1. The van der Waals surface area contributed by atoms with E-state index in [1.54, 1.807) is 6.92 Å². The molecule has 0 spiro atoms. The third kappa shape index (κ3) is 5.04. The van der Waals surface area contributed by atoms with E-state index in [-0.39, 0.29) is 29.1 Å². The Morgan fingerprint density at radius 2 is 1.70 bits per heavy atom. The molecule has 3 aromatic rings. The van der Waals surface area contributed by atoms with Gasteiger partial charge in [0.1, 0.15) is 11.6 Å². The SMILES string of the molecule is Cc1cc(C(=O)O)c(C)n1-c1ccccc1C(F)(F)F.[NH-]Cc1ccc(F)cc1F. The standard InChI is InChI=1S/C14H12F3NO2.C7H6F2N/c1-8-7-10(13(19)20)9(2)18(8)12-6-4-3-5-11(12)14(15,16)17;8-6-2-1-5(4-10)7(9)3-6/h3-7H,1-2H3,(H,19,20);1-3,10H,4H2/q;-1. The number of carboxylic acid groups (broad SMARTS) is 1. The normalized spacial score (nSPS) is 11.1. The van der Waals surface area contributed by atoms with Crippen molar-refractivity contribution in [2.45, 2.75) is 26.6 Å². The zero-order chi connectivity index (χ0) is 22.6. The molecule has 0 saturated carbocycles. The Hall–Kier alpha value is -3.20. The molecule has 1 aromatic heterocycles. The van der Waals surface area contributed by atoms with Crippen LogP contribution in [0.1, 0.15) is 32.9 Å². The number of nitrogens with zero attached hydrogens (tertiary/aromatic N) is 1. The van der Waals surface area contributed by atoms with Crippen LogP contribution in [-0.4, -0.2) is 15.6 Å². The summed E-state index contributed by atoms with van der Waals surface area (Å²) in [5.41, 5.74) is 6.87. The van der Waals surface area contributed by atoms with Crippen molar-refractivity contribution >= 4 is 5.97 Å². The minimum absolute atomic E-state index is 0.000484. The van der Waals surface area contributed by atoms with Crippen molar-refractivity contribution in [3.8, 4) is 5.69 Å². The Kier molecular flexibility index (Phi) is 6.99. The van der Waals surface area contributed by atoms with Gasteiger partial charge in [0.2, 0.25) is 0 Å². The van der Waals surface area contributed by atoms with Gasteiger partial charge in [-0.1, -0.05) is 18.2 Å². The Morgan fingerprint density at radius 1 is 1.07 bits per heavy atom. The van der Waals surface area contributed by atoms with E-state index in [0.29, 0.717) is 5.69 Å². The number of carbonyl (C=O) groups is 1. The number of para-hydroxylation sites is 1. The van der Waals surface area contributed by atoms with Crippen molar-refractivity contribution in [3.63, 3.8) is 0 Å². The molecule has 1 heterocycles. The highest BCUT2D eigenvalue weighted by atomic mass is 19.4. The molecule has 2 N–H and O–H groups in total. The fourth-order valence-electron chi connectivity index (χ4n) is 2.92. The van der Waals surface area contributed by atoms with Crippen LogP contribution in [0.5, 0.6) is 0 Å². The molecule has 0 aliphatic heterocycles. The molecule has 2 aromatic carbocycles. The summed E-state index contributed by atoms with van der Waals surface area (Å²) >= 11 is 0. The predicted octanol–water partition coefficient (Wildman–Crippen LogP) is 6.33. The van der Waals surface area contributed by atoms with Gasteiger partial charge in [0.15, 0.2) is 0 Å². The van der Waals surface area contributed by atoms with Crippen LogP contribution >= 0.6 is 0 Å². The number of rotatable bonds is 3. The molecule has 4 nitrogen and oxygen atoms in total. The van der Waals surface area contributed by atoms with E-state index in [4.69, 9.17) is 10.8 Å². The molecule has 160 valence electrons. The van der Waals surface area contributed by atoms with E-state index in [0.717, 1.165) is 18.2 Å². The number of hydrogen-bond donors (Lipinski definition) is 1. The number of aromatic carboxylic acids is 1. The number of benzene rings is 2. The summed E-state index contributed by atoms with van der Waals surface area (Å²) in [5, 5.41) is 9.04. The second-order valence-corrected chi connectivity index (χ2v) is 6.35. The molecule has 0 unspecified atom stereocenters. The molecule has 0 amide bonds. The molecule has 0 saturated heterocycles. The van der Waals surface area contributed by atoms with Crippen LogP contribution in [0.25, 0.3) is 11.4 Å². The third-order valence-corrected chi connectivity index (χ3v) is 4.32. The van der Waals surface area contributed by atoms with Crippen molar-refractivity contribution < 1.29 is 31.9 Å². The van der Waals surface area contributed by atoms with E-state index in [2.05, 4.69) is 0 Å². The molecule has 0 aliphatic carbocycles. The maximum atomic E-state index is 13.0. The van der Waals surface area contributed by atoms with Gasteiger partial charge in [-0.2, -0.15) is 13.2 Å². The number of aromatic nitrogens is 1. The summed E-state index contributed by atoms with van der Waals surface area (Å²) in [7, 11) is 0. The Balaban J connectivity index is 0.000000269. The Labute approximate surface area is 169 Å². The molecule has 0 atom stereocenters. The maximum absolute atomic E-state index is 13.0. The van der Waals surface area contributed by atoms with Crippen molar-refractivity contribution in [1.82, 2.24) is 4.57 Å². The molecule has 0 bridgehead atoms. The molecule has 3 rings (SSSR count). The molecule has 9 heteroatoms. The highest BCUT2D eigenvalue weighted by molar-refractivity contribution is 5.89. The smallest absolute Gasteiger partial charge is 0.418 e. The van der Waals surface area contributed by atoms with Gasteiger partial charge in [-0.25, -0.2) is 13.6 Å². The summed E-state index contributed by atoms with van der Waals surface area (Å²) in [5.74, 6) is -2.40. The Bertz CT molecular complexity index is 1060. The summed E-state index contributed by atoms with van der Waals surface area (Å²) < 4.78 is 65.1. The van der Waals surface area contributed by atoms with Gasteiger partial charge in [-0.15, -0.1) is 6.54 Å². The van der Waals surface area contributed by atoms with E-state index in [1.165, 1.54) is 41.8 Å². The number of carboxylic acids is 1. The molecular formula is C21H18F5N2O2-. The fourth-order valence-corrected chi connectivity index (χ4v) is 2.92. The van der Waals surface area contributed by atoms with E-state index >= 15 is 0 Å². The number of nitrogens with one attached hydrogen (secondary N) is 1.